The van der Waals surface area contributed by atoms with Crippen LogP contribution < -0.4 is 5.69 Å². The molecule has 0 saturated heterocycles. The quantitative estimate of drug-likeness (QED) is 0.162. The Balaban J connectivity index is 1.42. The SMILES string of the molecule is CCc1cn([C@@H]2OC(COC(=O)c3ccccc3)=C(OC(=O)c3ccccc3)C2OC(=O)c2ccccc2)c(=O)nc1-n1cncn1. The van der Waals surface area contributed by atoms with Gasteiger partial charge in [0.05, 0.1) is 16.7 Å². The summed E-state index contributed by atoms with van der Waals surface area (Å²) in [6.07, 6.45) is 1.75. The van der Waals surface area contributed by atoms with E-state index in [0.29, 0.717) is 12.0 Å². The van der Waals surface area contributed by atoms with Gasteiger partial charge in [0.15, 0.2) is 23.9 Å². The number of carbonyl (C=O) groups is 3. The van der Waals surface area contributed by atoms with Crippen molar-refractivity contribution in [1.82, 2.24) is 24.3 Å². The fourth-order valence-electron chi connectivity index (χ4n) is 4.82. The molecule has 0 radical (unpaired) electrons. The second kappa shape index (κ2) is 13.7. The number of benzene rings is 3. The third-order valence-corrected chi connectivity index (χ3v) is 7.15. The molecule has 3 heterocycles. The van der Waals surface area contributed by atoms with E-state index in [0.717, 1.165) is 4.57 Å². The van der Waals surface area contributed by atoms with Crippen molar-refractivity contribution in [2.75, 3.05) is 6.61 Å². The fourth-order valence-corrected chi connectivity index (χ4v) is 4.82. The molecule has 0 aliphatic carbocycles. The maximum Gasteiger partial charge on any atom is 0.352 e. The maximum atomic E-state index is 13.6. The molecule has 47 heavy (non-hydrogen) atoms. The molecule has 13 heteroatoms. The van der Waals surface area contributed by atoms with E-state index < -0.39 is 42.5 Å². The molecule has 0 bridgehead atoms. The van der Waals surface area contributed by atoms with Gasteiger partial charge in [0, 0.05) is 11.8 Å². The summed E-state index contributed by atoms with van der Waals surface area (Å²) in [5, 5.41) is 4.08. The van der Waals surface area contributed by atoms with E-state index in [1.54, 1.807) is 91.0 Å². The Labute approximate surface area is 267 Å². The summed E-state index contributed by atoms with van der Waals surface area (Å²) in [5.74, 6) is -2.39. The van der Waals surface area contributed by atoms with Gasteiger partial charge < -0.3 is 18.9 Å². The van der Waals surface area contributed by atoms with Gasteiger partial charge in [-0.2, -0.15) is 10.1 Å². The number of rotatable bonds is 10. The molecule has 1 aliphatic heterocycles. The minimum absolute atomic E-state index is 0.139. The Morgan fingerprint density at radius 1 is 0.830 bits per heavy atom. The Bertz CT molecular complexity index is 1980. The number of aryl methyl sites for hydroxylation is 1. The predicted octanol–water partition coefficient (Wildman–Crippen LogP) is 4.07. The van der Waals surface area contributed by atoms with Gasteiger partial charge in [-0.05, 0) is 42.8 Å². The smallest absolute Gasteiger partial charge is 0.352 e. The Morgan fingerprint density at radius 3 is 2.00 bits per heavy atom. The topological polar surface area (TPSA) is 154 Å². The number of nitrogens with zero attached hydrogens (tertiary/aromatic N) is 5. The lowest BCUT2D eigenvalue weighted by Crippen LogP contribution is -2.37. The van der Waals surface area contributed by atoms with E-state index in [-0.39, 0.29) is 34.0 Å². The van der Waals surface area contributed by atoms with Crippen LogP contribution in [-0.2, 0) is 25.4 Å². The van der Waals surface area contributed by atoms with E-state index in [4.69, 9.17) is 18.9 Å². The van der Waals surface area contributed by atoms with Gasteiger partial charge in [0.25, 0.3) is 0 Å². The average Bonchev–Trinajstić information content (AvgIpc) is 3.77. The number of aromatic nitrogens is 5. The molecule has 236 valence electrons. The van der Waals surface area contributed by atoms with Crippen LogP contribution in [0.2, 0.25) is 0 Å². The highest BCUT2D eigenvalue weighted by atomic mass is 16.6. The third kappa shape index (κ3) is 6.68. The van der Waals surface area contributed by atoms with Crippen LogP contribution in [0.25, 0.3) is 5.82 Å². The lowest BCUT2D eigenvalue weighted by molar-refractivity contribution is -0.0399. The Hall–Kier alpha value is -6.37. The van der Waals surface area contributed by atoms with Crippen LogP contribution in [0, 0.1) is 0 Å². The molecular formula is C34H27N5O8. The summed E-state index contributed by atoms with van der Waals surface area (Å²) in [7, 11) is 0. The molecule has 0 saturated carbocycles. The number of ether oxygens (including phenoxy) is 4. The van der Waals surface area contributed by atoms with Crippen molar-refractivity contribution >= 4 is 17.9 Å². The fraction of sp³-hybridized carbons (Fsp3) is 0.147. The van der Waals surface area contributed by atoms with E-state index in [9.17, 15) is 19.2 Å². The number of carbonyl (C=O) groups excluding carboxylic acids is 3. The van der Waals surface area contributed by atoms with Crippen LogP contribution >= 0.6 is 0 Å². The monoisotopic (exact) mass is 633 g/mol. The van der Waals surface area contributed by atoms with E-state index in [2.05, 4.69) is 15.1 Å². The average molecular weight is 634 g/mol. The highest BCUT2D eigenvalue weighted by Gasteiger charge is 2.45. The zero-order valence-corrected chi connectivity index (χ0v) is 25.0. The Morgan fingerprint density at radius 2 is 1.43 bits per heavy atom. The molecule has 0 spiro atoms. The van der Waals surface area contributed by atoms with Crippen molar-refractivity contribution in [1.29, 1.82) is 0 Å². The van der Waals surface area contributed by atoms with Crippen molar-refractivity contribution < 1.29 is 33.3 Å². The second-order valence-corrected chi connectivity index (χ2v) is 10.2. The number of hydrogen-bond acceptors (Lipinski definition) is 11. The molecule has 1 unspecified atom stereocenters. The van der Waals surface area contributed by atoms with Crippen molar-refractivity contribution in [2.45, 2.75) is 25.7 Å². The Kier molecular flexibility index (Phi) is 8.95. The van der Waals surface area contributed by atoms with Gasteiger partial charge in [0.2, 0.25) is 12.3 Å². The molecular weight excluding hydrogens is 606 g/mol. The van der Waals surface area contributed by atoms with Crippen LogP contribution in [0.3, 0.4) is 0 Å². The van der Waals surface area contributed by atoms with Crippen LogP contribution in [0.4, 0.5) is 0 Å². The van der Waals surface area contributed by atoms with Gasteiger partial charge in [0.1, 0.15) is 12.7 Å². The maximum absolute atomic E-state index is 13.6. The molecule has 0 amide bonds. The predicted molar refractivity (Wildman–Crippen MR) is 164 cm³/mol. The van der Waals surface area contributed by atoms with E-state index in [1.807, 2.05) is 6.92 Å². The van der Waals surface area contributed by atoms with Crippen LogP contribution in [0.1, 0.15) is 49.8 Å². The normalized spacial score (nSPS) is 15.5. The minimum Gasteiger partial charge on any atom is -0.462 e. The highest BCUT2D eigenvalue weighted by Crippen LogP contribution is 2.37. The summed E-state index contributed by atoms with van der Waals surface area (Å²) in [6, 6.07) is 24.5. The van der Waals surface area contributed by atoms with Gasteiger partial charge in [-0.3, -0.25) is 4.57 Å². The number of hydrogen-bond donors (Lipinski definition) is 0. The first-order valence-electron chi connectivity index (χ1n) is 14.5. The third-order valence-electron chi connectivity index (χ3n) is 7.15. The van der Waals surface area contributed by atoms with Gasteiger partial charge in [-0.1, -0.05) is 61.5 Å². The first-order valence-corrected chi connectivity index (χ1v) is 14.5. The highest BCUT2D eigenvalue weighted by molar-refractivity contribution is 5.91. The summed E-state index contributed by atoms with van der Waals surface area (Å²) in [5.41, 5.74) is 0.467. The molecule has 6 rings (SSSR count). The molecule has 5 aromatic rings. The second-order valence-electron chi connectivity index (χ2n) is 10.2. The van der Waals surface area contributed by atoms with Crippen LogP contribution in [0.15, 0.2) is 126 Å². The lowest BCUT2D eigenvalue weighted by atomic mass is 10.2. The van der Waals surface area contributed by atoms with E-state index in [1.165, 1.54) is 23.5 Å². The van der Waals surface area contributed by atoms with Crippen molar-refractivity contribution in [3.63, 3.8) is 0 Å². The first-order chi connectivity index (χ1) is 22.9. The molecule has 0 N–H and O–H groups in total. The summed E-state index contributed by atoms with van der Waals surface area (Å²) >= 11 is 0. The molecule has 1 aliphatic rings. The van der Waals surface area contributed by atoms with Gasteiger partial charge in [-0.15, -0.1) is 0 Å². The van der Waals surface area contributed by atoms with Crippen molar-refractivity contribution in [2.24, 2.45) is 0 Å². The molecule has 0 fully saturated rings. The van der Waals surface area contributed by atoms with Crippen molar-refractivity contribution in [3.05, 3.63) is 154 Å². The van der Waals surface area contributed by atoms with Crippen LogP contribution in [-0.4, -0.2) is 54.9 Å². The zero-order chi connectivity index (χ0) is 32.8. The molecule has 2 aromatic heterocycles. The molecule has 13 nitrogen and oxygen atoms in total. The zero-order valence-electron chi connectivity index (χ0n) is 25.0. The van der Waals surface area contributed by atoms with E-state index >= 15 is 0 Å². The van der Waals surface area contributed by atoms with Gasteiger partial charge >= 0.3 is 23.6 Å². The van der Waals surface area contributed by atoms with Crippen LogP contribution in [0.5, 0.6) is 0 Å². The number of esters is 3. The minimum atomic E-state index is -1.48. The largest absolute Gasteiger partial charge is 0.462 e. The van der Waals surface area contributed by atoms with Crippen molar-refractivity contribution in [3.8, 4) is 5.82 Å². The molecule has 2 atom stereocenters. The first kappa shape index (κ1) is 30.6. The lowest BCUT2D eigenvalue weighted by Gasteiger charge is -2.23. The summed E-state index contributed by atoms with van der Waals surface area (Å²) in [6.45, 7) is 1.34. The molecule has 3 aromatic carbocycles. The summed E-state index contributed by atoms with van der Waals surface area (Å²) < 4.78 is 25.9. The van der Waals surface area contributed by atoms with Gasteiger partial charge in [-0.25, -0.2) is 28.8 Å². The standard InChI is InChI=1S/C34H27N5O8/c1-2-22-18-38(34(43)37-29(22)39-21-35-20-36-39)30-28(47-33(42)25-16-10-5-11-17-25)27(46-32(41)24-14-8-4-9-15-24)26(45-30)19-44-31(40)23-12-6-3-7-13-23/h3-18,20-21,28,30H,2,19H2,1H3/t28?,30-/m1/s1. The summed E-state index contributed by atoms with van der Waals surface area (Å²) in [4.78, 5) is 61.3.